The van der Waals surface area contributed by atoms with Gasteiger partial charge in [-0.15, -0.1) is 0 Å². The van der Waals surface area contributed by atoms with E-state index < -0.39 is 7.83 Å². The van der Waals surface area contributed by atoms with Gasteiger partial charge in [-0.1, -0.05) is 0 Å². The topological polar surface area (TPSA) is 18.5 Å². The molecule has 0 amide bonds. The fraction of sp³-hybridized carbons (Fsp3) is 1.00. The zero-order valence-corrected chi connectivity index (χ0v) is 11.6. The molecular formula is C9H22O2Si2. The maximum atomic E-state index is 5.94. The molecule has 2 nitrogen and oxygen atoms in total. The molecule has 0 saturated carbocycles. The van der Waals surface area contributed by atoms with Crippen molar-refractivity contribution in [3.05, 3.63) is 0 Å². The van der Waals surface area contributed by atoms with Crippen LogP contribution < -0.4 is 0 Å². The Kier molecular flexibility index (Phi) is 4.65. The fourth-order valence-corrected chi connectivity index (χ4v) is 10.9. The van der Waals surface area contributed by atoms with Crippen molar-refractivity contribution in [3.63, 3.8) is 0 Å². The summed E-state index contributed by atoms with van der Waals surface area (Å²) in [5.74, 6) is 0. The molecule has 0 N–H and O–H groups in total. The van der Waals surface area contributed by atoms with Gasteiger partial charge in [0.2, 0.25) is 0 Å². The predicted molar refractivity (Wildman–Crippen MR) is 61.4 cm³/mol. The van der Waals surface area contributed by atoms with Crippen LogP contribution in [0.2, 0.25) is 18.6 Å². The maximum Gasteiger partial charge on any atom is 0.169 e. The van der Waals surface area contributed by atoms with Crippen molar-refractivity contribution >= 4 is 16.9 Å². The molecule has 0 radical (unpaired) electrons. The standard InChI is InChI=1S/C9H22O2Si2/c1-4-10-9-6-7-13(3,11-5-2)12-8-9/h9H,4-8,12H2,1-3H3. The molecule has 0 aromatic rings. The van der Waals surface area contributed by atoms with E-state index in [2.05, 4.69) is 20.4 Å². The molecule has 1 saturated heterocycles. The minimum atomic E-state index is -1.15. The summed E-state index contributed by atoms with van der Waals surface area (Å²) in [6, 6.07) is 2.70. The van der Waals surface area contributed by atoms with Crippen molar-refractivity contribution in [3.8, 4) is 0 Å². The third-order valence-corrected chi connectivity index (χ3v) is 12.9. The summed E-state index contributed by atoms with van der Waals surface area (Å²) < 4.78 is 11.6. The Balaban J connectivity index is 2.28. The highest BCUT2D eigenvalue weighted by atomic mass is 29.2. The summed E-state index contributed by atoms with van der Waals surface area (Å²) in [7, 11) is -1.11. The lowest BCUT2D eigenvalue weighted by Crippen LogP contribution is -2.47. The molecule has 1 rings (SSSR count). The van der Waals surface area contributed by atoms with Gasteiger partial charge in [0, 0.05) is 13.2 Å². The molecule has 0 bridgehead atoms. The first-order valence-corrected chi connectivity index (χ1v) is 11.4. The Morgan fingerprint density at radius 2 is 2.15 bits per heavy atom. The van der Waals surface area contributed by atoms with Gasteiger partial charge in [-0.2, -0.15) is 0 Å². The van der Waals surface area contributed by atoms with E-state index in [9.17, 15) is 0 Å². The third-order valence-electron chi connectivity index (χ3n) is 2.89. The molecule has 0 spiro atoms. The highest BCUT2D eigenvalue weighted by Gasteiger charge is 2.34. The summed E-state index contributed by atoms with van der Waals surface area (Å²) in [4.78, 5) is 0. The van der Waals surface area contributed by atoms with Gasteiger partial charge in [-0.05, 0) is 38.9 Å². The van der Waals surface area contributed by atoms with E-state index in [1.807, 2.05) is 0 Å². The van der Waals surface area contributed by atoms with E-state index in [0.29, 0.717) is 6.10 Å². The van der Waals surface area contributed by atoms with Gasteiger partial charge in [-0.3, -0.25) is 0 Å². The number of rotatable bonds is 4. The Hall–Kier alpha value is 0.354. The van der Waals surface area contributed by atoms with Crippen molar-refractivity contribution < 1.29 is 9.16 Å². The van der Waals surface area contributed by atoms with Crippen LogP contribution >= 0.6 is 0 Å². The van der Waals surface area contributed by atoms with Crippen LogP contribution in [0.15, 0.2) is 0 Å². The van der Waals surface area contributed by atoms with Crippen molar-refractivity contribution in [1.82, 2.24) is 0 Å². The number of hydrogen-bond acceptors (Lipinski definition) is 2. The summed E-state index contributed by atoms with van der Waals surface area (Å²) in [6.07, 6.45) is 1.83. The van der Waals surface area contributed by atoms with Crippen molar-refractivity contribution in [2.75, 3.05) is 13.2 Å². The zero-order chi connectivity index (χ0) is 9.73. The van der Waals surface area contributed by atoms with Gasteiger partial charge >= 0.3 is 0 Å². The van der Waals surface area contributed by atoms with Gasteiger partial charge in [-0.25, -0.2) is 0 Å². The van der Waals surface area contributed by atoms with Gasteiger partial charge in [0.05, 0.1) is 15.1 Å². The molecule has 2 unspecified atom stereocenters. The molecule has 0 aliphatic carbocycles. The van der Waals surface area contributed by atoms with E-state index >= 15 is 0 Å². The molecule has 0 aromatic heterocycles. The summed E-state index contributed by atoms with van der Waals surface area (Å²) >= 11 is 0. The van der Waals surface area contributed by atoms with Gasteiger partial charge in [0.15, 0.2) is 7.83 Å². The Bertz CT molecular complexity index is 145. The van der Waals surface area contributed by atoms with Crippen molar-refractivity contribution in [2.45, 2.75) is 45.0 Å². The first-order valence-electron chi connectivity index (χ1n) is 5.45. The number of hydrogen-bond donors (Lipinski definition) is 0. The highest BCUT2D eigenvalue weighted by Crippen LogP contribution is 2.24. The van der Waals surface area contributed by atoms with Crippen LogP contribution in [0.25, 0.3) is 0 Å². The van der Waals surface area contributed by atoms with Crippen molar-refractivity contribution in [2.24, 2.45) is 0 Å². The molecule has 4 heteroatoms. The van der Waals surface area contributed by atoms with Crippen molar-refractivity contribution in [1.29, 1.82) is 0 Å². The largest absolute Gasteiger partial charge is 0.421 e. The zero-order valence-electron chi connectivity index (χ0n) is 9.14. The lowest BCUT2D eigenvalue weighted by molar-refractivity contribution is 0.0713. The SMILES string of the molecule is CCOC1CC[Si](C)(OCC)[SiH2]C1. The summed E-state index contributed by atoms with van der Waals surface area (Å²) in [6.45, 7) is 8.45. The molecule has 13 heavy (non-hydrogen) atoms. The average molecular weight is 218 g/mol. The van der Waals surface area contributed by atoms with E-state index in [0.717, 1.165) is 13.2 Å². The Morgan fingerprint density at radius 1 is 1.38 bits per heavy atom. The van der Waals surface area contributed by atoms with Gasteiger partial charge in [0.25, 0.3) is 0 Å². The first kappa shape index (κ1) is 11.4. The highest BCUT2D eigenvalue weighted by molar-refractivity contribution is 7.21. The molecule has 2 atom stereocenters. The Labute approximate surface area is 84.7 Å². The predicted octanol–water partition coefficient (Wildman–Crippen LogP) is 1.49. The number of ether oxygens (including phenoxy) is 1. The Morgan fingerprint density at radius 3 is 2.62 bits per heavy atom. The first-order chi connectivity index (χ1) is 6.20. The van der Waals surface area contributed by atoms with E-state index in [4.69, 9.17) is 9.16 Å². The fourth-order valence-electron chi connectivity index (χ4n) is 2.10. The van der Waals surface area contributed by atoms with Crippen LogP contribution in [-0.4, -0.2) is 36.2 Å². The van der Waals surface area contributed by atoms with Gasteiger partial charge in [0.1, 0.15) is 0 Å². The molecule has 1 aliphatic rings. The van der Waals surface area contributed by atoms with Crippen LogP contribution in [-0.2, 0) is 9.16 Å². The van der Waals surface area contributed by atoms with E-state index in [1.54, 1.807) is 0 Å². The van der Waals surface area contributed by atoms with Crippen LogP contribution in [0.1, 0.15) is 20.3 Å². The summed E-state index contributed by atoms with van der Waals surface area (Å²) in [5.41, 5.74) is 0. The van der Waals surface area contributed by atoms with Crippen LogP contribution in [0.4, 0.5) is 0 Å². The second-order valence-corrected chi connectivity index (χ2v) is 14.8. The second-order valence-electron chi connectivity index (χ2n) is 4.04. The van der Waals surface area contributed by atoms with E-state index in [-0.39, 0.29) is 9.04 Å². The minimum absolute atomic E-state index is 0.0390. The van der Waals surface area contributed by atoms with Gasteiger partial charge < -0.3 is 9.16 Å². The second kappa shape index (κ2) is 5.29. The lowest BCUT2D eigenvalue weighted by Gasteiger charge is -2.34. The van der Waals surface area contributed by atoms with Crippen LogP contribution in [0, 0.1) is 0 Å². The molecule has 1 heterocycles. The molecule has 78 valence electrons. The molecule has 1 fully saturated rings. The third kappa shape index (κ3) is 3.54. The molecular weight excluding hydrogens is 196 g/mol. The molecule has 1 aliphatic heterocycles. The molecule has 0 aromatic carbocycles. The monoisotopic (exact) mass is 218 g/mol. The lowest BCUT2D eigenvalue weighted by atomic mass is 10.3. The quantitative estimate of drug-likeness (QED) is 0.666. The van der Waals surface area contributed by atoms with Crippen LogP contribution in [0.3, 0.4) is 0 Å². The normalized spacial score (nSPS) is 36.7. The minimum Gasteiger partial charge on any atom is -0.421 e. The maximum absolute atomic E-state index is 5.94. The smallest absolute Gasteiger partial charge is 0.169 e. The van der Waals surface area contributed by atoms with E-state index in [1.165, 1.54) is 18.5 Å². The average Bonchev–Trinajstić information content (AvgIpc) is 2.10. The summed E-state index contributed by atoms with van der Waals surface area (Å²) in [5, 5.41) is 0. The van der Waals surface area contributed by atoms with Crippen LogP contribution in [0.5, 0.6) is 0 Å².